The van der Waals surface area contributed by atoms with E-state index in [1.165, 1.54) is 10.7 Å². The first kappa shape index (κ1) is 25.1. The van der Waals surface area contributed by atoms with Gasteiger partial charge in [0.05, 0.1) is 28.3 Å². The first-order valence-electron chi connectivity index (χ1n) is 13.7. The van der Waals surface area contributed by atoms with E-state index in [0.717, 1.165) is 38.1 Å². The Morgan fingerprint density at radius 1 is 0.605 bits per heavy atom. The fourth-order valence-electron chi connectivity index (χ4n) is 5.76. The van der Waals surface area contributed by atoms with Gasteiger partial charge in [0.15, 0.2) is 5.76 Å². The number of fused-ring (bicyclic) bond motifs is 7. The summed E-state index contributed by atoms with van der Waals surface area (Å²) in [6, 6.07) is 37.1. The second-order valence-corrected chi connectivity index (χ2v) is 10.3. The third-order valence-electron chi connectivity index (χ3n) is 7.67. The number of aromatic nitrogens is 2. The zero-order chi connectivity index (χ0) is 29.1. The Morgan fingerprint density at radius 3 is 1.60 bits per heavy atom. The van der Waals surface area contributed by atoms with Gasteiger partial charge in [0, 0.05) is 26.9 Å². The van der Waals surface area contributed by atoms with Crippen molar-refractivity contribution in [1.29, 1.82) is 0 Å². The molecule has 0 radical (unpaired) electrons. The fourth-order valence-corrected chi connectivity index (χ4v) is 5.76. The van der Waals surface area contributed by atoms with Crippen LogP contribution in [0.4, 0.5) is 13.2 Å². The maximum absolute atomic E-state index is 14.5. The molecule has 3 aromatic heterocycles. The summed E-state index contributed by atoms with van der Waals surface area (Å²) < 4.78 is 52.5. The molecule has 0 atom stereocenters. The van der Waals surface area contributed by atoms with Crippen LogP contribution in [0.5, 0.6) is 0 Å². The summed E-state index contributed by atoms with van der Waals surface area (Å²) in [5.41, 5.74) is 2.99. The van der Waals surface area contributed by atoms with Crippen LogP contribution in [0.2, 0.25) is 0 Å². The van der Waals surface area contributed by atoms with Crippen LogP contribution in [0.25, 0.3) is 54.6 Å². The van der Waals surface area contributed by atoms with Crippen LogP contribution in [-0.2, 0) is 0 Å². The normalized spacial score (nSPS) is 13.0. The second kappa shape index (κ2) is 9.46. The molecule has 8 rings (SSSR count). The van der Waals surface area contributed by atoms with E-state index in [9.17, 15) is 13.2 Å². The number of rotatable bonds is 4. The van der Waals surface area contributed by atoms with E-state index >= 15 is 0 Å². The largest absolute Gasteiger partial charge is 0.454 e. The van der Waals surface area contributed by atoms with Crippen LogP contribution in [0.3, 0.4) is 0 Å². The van der Waals surface area contributed by atoms with Gasteiger partial charge in [-0.05, 0) is 54.1 Å². The smallest absolute Gasteiger partial charge is 0.438 e. The molecular weight excluding hydrogens is 549 g/mol. The number of halogens is 3. The lowest BCUT2D eigenvalue weighted by molar-refractivity contribution is -0.0591. The highest BCUT2D eigenvalue weighted by atomic mass is 19.4. The highest BCUT2D eigenvalue weighted by molar-refractivity contribution is 6.10. The van der Waals surface area contributed by atoms with Crippen LogP contribution >= 0.6 is 0 Å². The number of hydrogen-bond acceptors (Lipinski definition) is 3. The minimum absolute atomic E-state index is 0.322. The third-order valence-corrected chi connectivity index (χ3v) is 7.67. The van der Waals surface area contributed by atoms with Gasteiger partial charge in [0.1, 0.15) is 5.58 Å². The van der Waals surface area contributed by atoms with Crippen molar-refractivity contribution in [2.75, 3.05) is 0 Å². The molecule has 0 amide bonds. The van der Waals surface area contributed by atoms with E-state index < -0.39 is 11.9 Å². The van der Waals surface area contributed by atoms with E-state index in [-0.39, 0.29) is 5.76 Å². The average Bonchev–Trinajstić information content (AvgIpc) is 3.68. The third kappa shape index (κ3) is 4.10. The molecule has 0 aliphatic rings. The summed E-state index contributed by atoms with van der Waals surface area (Å²) in [6.45, 7) is 0. The van der Waals surface area contributed by atoms with Gasteiger partial charge in [-0.1, -0.05) is 72.8 Å². The van der Waals surface area contributed by atoms with Crippen molar-refractivity contribution >= 4 is 66.5 Å². The van der Waals surface area contributed by atoms with Gasteiger partial charge in [-0.3, -0.25) is 0 Å². The molecule has 43 heavy (non-hydrogen) atoms. The molecule has 8 heteroatoms. The average molecular weight is 571 g/mol. The predicted molar refractivity (Wildman–Crippen MR) is 166 cm³/mol. The topological polar surface area (TPSA) is 47.7 Å². The SMILES string of the molecule is FC(F)(F)/C(=N\n1c2ccccc2c2ccccc21)c1cc2cc(/C=N/n3c4ccccc4c4ccccc43)ccc2o1. The van der Waals surface area contributed by atoms with Gasteiger partial charge in [0.25, 0.3) is 0 Å². The maximum Gasteiger partial charge on any atom is 0.438 e. The number of benzene rings is 5. The number of nitrogens with zero attached hydrogens (tertiary/aromatic N) is 4. The maximum atomic E-state index is 14.5. The molecule has 0 aliphatic carbocycles. The van der Waals surface area contributed by atoms with Crippen molar-refractivity contribution in [2.45, 2.75) is 6.18 Å². The molecule has 0 spiro atoms. The highest BCUT2D eigenvalue weighted by Crippen LogP contribution is 2.33. The van der Waals surface area contributed by atoms with E-state index in [2.05, 4.69) is 17.2 Å². The standard InChI is InChI=1S/C35H21F3N4O/c36-35(37,38)34(40-42-30-15-7-3-11-26(30)27-12-4-8-16-31(27)42)33-20-23-19-22(17-18-32(23)43-33)21-39-41-28-13-5-1-9-24(28)25-10-2-6-14-29(25)41/h1-21H/b39-21+,40-34-. The minimum Gasteiger partial charge on any atom is -0.454 e. The number of furan rings is 1. The summed E-state index contributed by atoms with van der Waals surface area (Å²) in [5, 5.41) is 13.2. The zero-order valence-electron chi connectivity index (χ0n) is 22.5. The van der Waals surface area contributed by atoms with Gasteiger partial charge in [-0.2, -0.15) is 23.4 Å². The van der Waals surface area contributed by atoms with Gasteiger partial charge in [0.2, 0.25) is 5.71 Å². The van der Waals surface area contributed by atoms with Crippen LogP contribution in [0.15, 0.2) is 136 Å². The molecule has 8 aromatic rings. The quantitative estimate of drug-likeness (QED) is 0.195. The van der Waals surface area contributed by atoms with Crippen LogP contribution in [-0.4, -0.2) is 27.5 Å². The molecule has 0 unspecified atom stereocenters. The molecule has 0 fully saturated rings. The summed E-state index contributed by atoms with van der Waals surface area (Å²) in [6.07, 6.45) is -3.07. The monoisotopic (exact) mass is 570 g/mol. The van der Waals surface area contributed by atoms with Crippen molar-refractivity contribution < 1.29 is 17.6 Å². The molecule has 5 aromatic carbocycles. The van der Waals surface area contributed by atoms with Crippen molar-refractivity contribution in [3.8, 4) is 0 Å². The zero-order valence-corrected chi connectivity index (χ0v) is 22.5. The molecular formula is C35H21F3N4O. The Morgan fingerprint density at radius 2 is 1.09 bits per heavy atom. The van der Waals surface area contributed by atoms with Crippen molar-refractivity contribution in [3.63, 3.8) is 0 Å². The molecule has 0 bridgehead atoms. The first-order valence-corrected chi connectivity index (χ1v) is 13.7. The molecule has 5 nitrogen and oxygen atoms in total. The first-order chi connectivity index (χ1) is 21.0. The van der Waals surface area contributed by atoms with E-state index in [1.54, 1.807) is 48.7 Å². The summed E-state index contributed by atoms with van der Waals surface area (Å²) in [7, 11) is 0. The van der Waals surface area contributed by atoms with Gasteiger partial charge >= 0.3 is 6.18 Å². The molecule has 0 saturated heterocycles. The lowest BCUT2D eigenvalue weighted by Crippen LogP contribution is -2.24. The lowest BCUT2D eigenvalue weighted by atomic mass is 10.1. The minimum atomic E-state index is -4.76. The van der Waals surface area contributed by atoms with Crippen LogP contribution in [0.1, 0.15) is 11.3 Å². The highest BCUT2D eigenvalue weighted by Gasteiger charge is 2.40. The van der Waals surface area contributed by atoms with Gasteiger partial charge in [-0.15, -0.1) is 0 Å². The van der Waals surface area contributed by atoms with E-state index in [4.69, 9.17) is 9.52 Å². The summed E-state index contributed by atoms with van der Waals surface area (Å²) in [5.74, 6) is -0.360. The Hall–Kier alpha value is -5.63. The van der Waals surface area contributed by atoms with Crippen molar-refractivity contribution in [1.82, 2.24) is 9.35 Å². The van der Waals surface area contributed by atoms with Crippen molar-refractivity contribution in [2.24, 2.45) is 10.2 Å². The molecule has 0 saturated carbocycles. The van der Waals surface area contributed by atoms with Crippen LogP contribution in [0, 0.1) is 0 Å². The van der Waals surface area contributed by atoms with E-state index in [0.29, 0.717) is 22.0 Å². The molecule has 208 valence electrons. The lowest BCUT2D eigenvalue weighted by Gasteiger charge is -2.09. The number of para-hydroxylation sites is 4. The van der Waals surface area contributed by atoms with Crippen molar-refractivity contribution in [3.05, 3.63) is 133 Å². The van der Waals surface area contributed by atoms with E-state index in [1.807, 2.05) is 65.3 Å². The molecule has 0 N–H and O–H groups in total. The summed E-state index contributed by atoms with van der Waals surface area (Å²) in [4.78, 5) is 0. The Bertz CT molecular complexity index is 2300. The Labute approximate surface area is 242 Å². The van der Waals surface area contributed by atoms with Gasteiger partial charge in [-0.25, -0.2) is 9.35 Å². The second-order valence-electron chi connectivity index (χ2n) is 10.3. The van der Waals surface area contributed by atoms with Gasteiger partial charge < -0.3 is 4.42 Å². The molecule has 3 heterocycles. The Kier molecular flexibility index (Phi) is 5.52. The number of hydrogen-bond donors (Lipinski definition) is 0. The predicted octanol–water partition coefficient (Wildman–Crippen LogP) is 9.35. The number of alkyl halides is 3. The summed E-state index contributed by atoms with van der Waals surface area (Å²) >= 11 is 0. The fraction of sp³-hybridized carbons (Fsp3) is 0.0286. The van der Waals surface area contributed by atoms with Crippen LogP contribution < -0.4 is 0 Å². The Balaban J connectivity index is 1.23. The molecule has 0 aliphatic heterocycles.